The van der Waals surface area contributed by atoms with Crippen LogP contribution in [-0.2, 0) is 14.9 Å². The summed E-state index contributed by atoms with van der Waals surface area (Å²) in [6, 6.07) is 16.9. The topological polar surface area (TPSA) is 105 Å². The Kier molecular flexibility index (Phi) is 7.84. The zero-order valence-electron chi connectivity index (χ0n) is 18.0. The van der Waals surface area contributed by atoms with E-state index < -0.39 is 16.0 Å². The molecule has 0 aliphatic heterocycles. The van der Waals surface area contributed by atoms with Crippen molar-refractivity contribution in [1.29, 1.82) is 5.26 Å². The number of ether oxygens (including phenoxy) is 1. The van der Waals surface area contributed by atoms with Gasteiger partial charge in [0.2, 0.25) is 0 Å². The third kappa shape index (κ3) is 5.88. The van der Waals surface area contributed by atoms with Gasteiger partial charge in [0.05, 0.1) is 17.8 Å². The van der Waals surface area contributed by atoms with Gasteiger partial charge in [-0.05, 0) is 49.4 Å². The van der Waals surface area contributed by atoms with E-state index in [-0.39, 0.29) is 38.2 Å². The van der Waals surface area contributed by atoms with Crippen molar-refractivity contribution in [3.05, 3.63) is 87.4 Å². The number of carbonyl (C=O) groups excluding carboxylic acids is 1. The summed E-state index contributed by atoms with van der Waals surface area (Å²) in [4.78, 5) is 12.7. The van der Waals surface area contributed by atoms with Crippen molar-refractivity contribution in [3.8, 4) is 17.6 Å². The molecule has 1 amide bonds. The Hall–Kier alpha value is -3.51. The number of para-hydroxylation sites is 1. The van der Waals surface area contributed by atoms with Crippen molar-refractivity contribution < 1.29 is 22.1 Å². The van der Waals surface area contributed by atoms with Crippen molar-refractivity contribution in [1.82, 2.24) is 0 Å². The Labute approximate surface area is 207 Å². The van der Waals surface area contributed by atoms with Gasteiger partial charge in [-0.25, -0.2) is 0 Å². The van der Waals surface area contributed by atoms with Crippen molar-refractivity contribution >= 4 is 51.0 Å². The Morgan fingerprint density at radius 3 is 2.44 bits per heavy atom. The number of aryl methyl sites for hydroxylation is 1. The maximum absolute atomic E-state index is 12.9. The van der Waals surface area contributed by atoms with E-state index >= 15 is 0 Å². The number of carbonyl (C=O) groups is 1. The van der Waals surface area contributed by atoms with E-state index in [1.54, 1.807) is 30.3 Å². The number of hydrogen-bond acceptors (Lipinski definition) is 6. The summed E-state index contributed by atoms with van der Waals surface area (Å²) >= 11 is 12.0. The van der Waals surface area contributed by atoms with Gasteiger partial charge in [0.15, 0.2) is 11.5 Å². The summed E-state index contributed by atoms with van der Waals surface area (Å²) in [5, 5.41) is 12.7. The largest absolute Gasteiger partial charge is 0.493 e. The third-order valence-electron chi connectivity index (χ3n) is 4.57. The average molecular weight is 517 g/mol. The fourth-order valence-electron chi connectivity index (χ4n) is 2.85. The third-order valence-corrected chi connectivity index (χ3v) is 6.37. The fraction of sp³-hybridized carbons (Fsp3) is 0.0833. The molecule has 3 rings (SSSR count). The molecule has 1 N–H and O–H groups in total. The monoisotopic (exact) mass is 516 g/mol. The second-order valence-corrected chi connectivity index (χ2v) is 9.37. The van der Waals surface area contributed by atoms with Gasteiger partial charge in [-0.15, -0.1) is 0 Å². The SMILES string of the molecule is COc1cccc(/C=C(\C#N)C(=O)Nc2cc(Cl)ccc2Cl)c1OS(=O)(=O)c1ccc(C)cc1. The predicted octanol–water partition coefficient (Wildman–Crippen LogP) is 5.62. The lowest BCUT2D eigenvalue weighted by Crippen LogP contribution is -2.14. The highest BCUT2D eigenvalue weighted by Gasteiger charge is 2.22. The molecule has 34 heavy (non-hydrogen) atoms. The lowest BCUT2D eigenvalue weighted by Gasteiger charge is -2.14. The second kappa shape index (κ2) is 10.6. The highest BCUT2D eigenvalue weighted by molar-refractivity contribution is 7.87. The molecule has 0 bridgehead atoms. The average Bonchev–Trinajstić information content (AvgIpc) is 2.80. The van der Waals surface area contributed by atoms with Gasteiger partial charge in [0.1, 0.15) is 16.5 Å². The number of hydrogen-bond donors (Lipinski definition) is 1. The number of anilines is 1. The van der Waals surface area contributed by atoms with Crippen LogP contribution in [0.15, 0.2) is 71.1 Å². The normalized spacial score (nSPS) is 11.4. The number of halogens is 2. The van der Waals surface area contributed by atoms with Crippen LogP contribution in [0.4, 0.5) is 5.69 Å². The maximum Gasteiger partial charge on any atom is 0.339 e. The van der Waals surface area contributed by atoms with E-state index in [1.165, 1.54) is 49.6 Å². The van der Waals surface area contributed by atoms with Gasteiger partial charge in [-0.2, -0.15) is 13.7 Å². The number of nitrogens with one attached hydrogen (secondary N) is 1. The molecule has 0 atom stereocenters. The minimum atomic E-state index is -4.23. The first-order valence-corrected chi connectivity index (χ1v) is 11.9. The molecule has 3 aromatic carbocycles. The summed E-state index contributed by atoms with van der Waals surface area (Å²) in [5.41, 5.74) is 0.898. The number of nitrogens with zero attached hydrogens (tertiary/aromatic N) is 1. The van der Waals surface area contributed by atoms with Crippen LogP contribution >= 0.6 is 23.2 Å². The van der Waals surface area contributed by atoms with Crippen LogP contribution in [0.5, 0.6) is 11.5 Å². The molecular weight excluding hydrogens is 499 g/mol. The van der Waals surface area contributed by atoms with Gasteiger partial charge in [-0.3, -0.25) is 4.79 Å². The summed E-state index contributed by atoms with van der Waals surface area (Å²) < 4.78 is 36.4. The quantitative estimate of drug-likeness (QED) is 0.248. The lowest BCUT2D eigenvalue weighted by molar-refractivity contribution is -0.112. The summed E-state index contributed by atoms with van der Waals surface area (Å²) in [7, 11) is -2.89. The zero-order valence-corrected chi connectivity index (χ0v) is 20.3. The van der Waals surface area contributed by atoms with E-state index in [4.69, 9.17) is 32.1 Å². The molecule has 0 fully saturated rings. The Morgan fingerprint density at radius 1 is 1.09 bits per heavy atom. The van der Waals surface area contributed by atoms with Crippen LogP contribution in [0, 0.1) is 18.3 Å². The molecule has 0 saturated carbocycles. The Morgan fingerprint density at radius 2 is 1.79 bits per heavy atom. The highest BCUT2D eigenvalue weighted by Crippen LogP contribution is 2.35. The van der Waals surface area contributed by atoms with E-state index in [0.717, 1.165) is 5.56 Å². The first kappa shape index (κ1) is 25.1. The van der Waals surface area contributed by atoms with Crippen LogP contribution in [0.2, 0.25) is 10.0 Å². The number of nitriles is 1. The summed E-state index contributed by atoms with van der Waals surface area (Å²) in [5.74, 6) is -0.853. The maximum atomic E-state index is 12.9. The van der Waals surface area contributed by atoms with Crippen LogP contribution < -0.4 is 14.2 Å². The highest BCUT2D eigenvalue weighted by atomic mass is 35.5. The molecule has 7 nitrogen and oxygen atoms in total. The number of amides is 1. The van der Waals surface area contributed by atoms with E-state index in [0.29, 0.717) is 5.02 Å². The minimum absolute atomic E-state index is 0.0622. The van der Waals surface area contributed by atoms with Crippen LogP contribution in [-0.4, -0.2) is 21.4 Å². The minimum Gasteiger partial charge on any atom is -0.493 e. The molecule has 0 heterocycles. The Bertz CT molecular complexity index is 1410. The molecule has 0 aliphatic rings. The molecule has 0 spiro atoms. The van der Waals surface area contributed by atoms with Crippen LogP contribution in [0.3, 0.4) is 0 Å². The van der Waals surface area contributed by atoms with Gasteiger partial charge < -0.3 is 14.2 Å². The van der Waals surface area contributed by atoms with Crippen molar-refractivity contribution in [2.24, 2.45) is 0 Å². The molecule has 10 heteroatoms. The van der Waals surface area contributed by atoms with Crippen molar-refractivity contribution in [2.45, 2.75) is 11.8 Å². The number of rotatable bonds is 7. The van der Waals surface area contributed by atoms with E-state index in [1.807, 2.05) is 6.92 Å². The van der Waals surface area contributed by atoms with Crippen molar-refractivity contribution in [2.75, 3.05) is 12.4 Å². The predicted molar refractivity (Wildman–Crippen MR) is 131 cm³/mol. The van der Waals surface area contributed by atoms with Gasteiger partial charge >= 0.3 is 10.1 Å². The van der Waals surface area contributed by atoms with E-state index in [2.05, 4.69) is 5.32 Å². The van der Waals surface area contributed by atoms with E-state index in [9.17, 15) is 18.5 Å². The number of methoxy groups -OCH3 is 1. The Balaban J connectivity index is 2.00. The van der Waals surface area contributed by atoms with Crippen LogP contribution in [0.25, 0.3) is 6.08 Å². The summed E-state index contributed by atoms with van der Waals surface area (Å²) in [6.45, 7) is 1.82. The lowest BCUT2D eigenvalue weighted by atomic mass is 10.1. The first-order valence-electron chi connectivity index (χ1n) is 9.71. The standard InChI is InChI=1S/C24H18Cl2N2O5S/c1-15-6-9-19(10-7-15)34(30,31)33-23-16(4-3-5-22(23)32-2)12-17(14-27)24(29)28-21-13-18(25)8-11-20(21)26/h3-13H,1-2H3,(H,28,29)/b17-12+. The fourth-order valence-corrected chi connectivity index (χ4v) is 4.15. The molecular formula is C24H18Cl2N2O5S. The molecule has 0 unspecified atom stereocenters. The molecule has 174 valence electrons. The van der Waals surface area contributed by atoms with Crippen molar-refractivity contribution in [3.63, 3.8) is 0 Å². The molecule has 0 saturated heterocycles. The summed E-state index contributed by atoms with van der Waals surface area (Å²) in [6.07, 6.45) is 1.19. The van der Waals surface area contributed by atoms with Crippen LogP contribution in [0.1, 0.15) is 11.1 Å². The smallest absolute Gasteiger partial charge is 0.339 e. The van der Waals surface area contributed by atoms with Gasteiger partial charge in [0, 0.05) is 10.6 Å². The molecule has 0 aliphatic carbocycles. The van der Waals surface area contributed by atoms with Gasteiger partial charge in [0.25, 0.3) is 5.91 Å². The molecule has 0 aromatic heterocycles. The molecule has 0 radical (unpaired) electrons. The molecule has 3 aromatic rings. The van der Waals surface area contributed by atoms with Gasteiger partial charge in [-0.1, -0.05) is 53.0 Å². The zero-order chi connectivity index (χ0) is 24.9. The second-order valence-electron chi connectivity index (χ2n) is 6.98. The first-order chi connectivity index (χ1) is 16.1. The number of benzene rings is 3.